The maximum Gasteiger partial charge on any atom is 0.0736 e. The van der Waals surface area contributed by atoms with Crippen molar-refractivity contribution < 1.29 is 0 Å². The molecule has 3 heterocycles. The van der Waals surface area contributed by atoms with Crippen molar-refractivity contribution in [3.05, 3.63) is 293 Å². The highest BCUT2D eigenvalue weighted by Gasteiger charge is 2.53. The number of anilines is 3. The SMILES string of the molecule is c1ccc2c(c1)Sc1ccccc1C21c2ccccc2-c2c(N(c3ccc(-c4cccc5sc6ccccc6c45)cc3)c3cccc4c3-c3ccccc3C43c4ccccc4Sc4ccccc43)cccc21. The summed E-state index contributed by atoms with van der Waals surface area (Å²) >= 11 is 5.66. The first-order valence-electron chi connectivity index (χ1n) is 24.7. The van der Waals surface area contributed by atoms with E-state index in [1.54, 1.807) is 0 Å². The number of benzene rings is 11. The van der Waals surface area contributed by atoms with Crippen molar-refractivity contribution in [2.45, 2.75) is 30.4 Å². The molecule has 0 fully saturated rings. The van der Waals surface area contributed by atoms with Crippen LogP contribution in [0.15, 0.2) is 268 Å². The standard InChI is InChI=1S/C68H41NS3/c1-4-22-48-45(18-1)65-54(67(48)50-24-6-11-33-59(50)71-60-34-12-7-25-51(60)67)28-16-30-56(65)69(43-40-38-42(39-41-43)44-21-15-37-63-64(44)47-20-3-10-32-58(47)70-63)57-31-17-29-55-66(57)46-19-2-5-23-49(46)68(55)52-26-8-13-35-61(52)72-62-36-14-9-27-53(62)68/h1-41H. The first kappa shape index (κ1) is 40.8. The lowest BCUT2D eigenvalue weighted by Crippen LogP contribution is -2.32. The minimum Gasteiger partial charge on any atom is -0.309 e. The van der Waals surface area contributed by atoms with Crippen LogP contribution in [-0.2, 0) is 10.8 Å². The van der Waals surface area contributed by atoms with E-state index in [9.17, 15) is 0 Å². The smallest absolute Gasteiger partial charge is 0.0736 e. The molecule has 0 amide bonds. The average molecular weight is 968 g/mol. The Morgan fingerprint density at radius 2 is 0.681 bits per heavy atom. The van der Waals surface area contributed by atoms with Gasteiger partial charge >= 0.3 is 0 Å². The third kappa shape index (κ3) is 5.31. The van der Waals surface area contributed by atoms with Gasteiger partial charge in [-0.2, -0.15) is 0 Å². The zero-order chi connectivity index (χ0) is 47.1. The molecule has 0 unspecified atom stereocenters. The molecule has 2 spiro atoms. The molecule has 72 heavy (non-hydrogen) atoms. The van der Waals surface area contributed by atoms with E-state index < -0.39 is 10.8 Å². The van der Waals surface area contributed by atoms with E-state index in [2.05, 4.69) is 254 Å². The average Bonchev–Trinajstić information content (AvgIpc) is 4.07. The van der Waals surface area contributed by atoms with Gasteiger partial charge in [-0.15, -0.1) is 11.3 Å². The second-order valence-electron chi connectivity index (χ2n) is 19.3. The molecular weight excluding hydrogens is 927 g/mol. The number of thiophene rings is 1. The highest BCUT2D eigenvalue weighted by atomic mass is 32.2. The number of hydrogen-bond acceptors (Lipinski definition) is 4. The van der Waals surface area contributed by atoms with Gasteiger partial charge in [-0.1, -0.05) is 212 Å². The molecule has 0 N–H and O–H groups in total. The van der Waals surface area contributed by atoms with Gasteiger partial charge in [0.05, 0.1) is 22.2 Å². The molecule has 0 atom stereocenters. The Balaban J connectivity index is 0.998. The summed E-state index contributed by atoms with van der Waals surface area (Å²) < 4.78 is 2.63. The predicted octanol–water partition coefficient (Wildman–Crippen LogP) is 18.8. The molecule has 4 heteroatoms. The van der Waals surface area contributed by atoms with Gasteiger partial charge < -0.3 is 4.90 Å². The lowest BCUT2D eigenvalue weighted by Gasteiger charge is -2.40. The fourth-order valence-electron chi connectivity index (χ4n) is 13.4. The van der Waals surface area contributed by atoms with Crippen molar-refractivity contribution >= 4 is 72.1 Å². The van der Waals surface area contributed by atoms with Crippen LogP contribution in [-0.4, -0.2) is 0 Å². The van der Waals surface area contributed by atoms with Crippen LogP contribution < -0.4 is 4.90 Å². The highest BCUT2D eigenvalue weighted by Crippen LogP contribution is 2.67. The molecule has 2 aliphatic heterocycles. The van der Waals surface area contributed by atoms with E-state index in [-0.39, 0.29) is 0 Å². The zero-order valence-electron chi connectivity index (χ0n) is 38.8. The van der Waals surface area contributed by atoms with Crippen LogP contribution in [0.4, 0.5) is 17.1 Å². The Hall–Kier alpha value is -7.86. The van der Waals surface area contributed by atoms with Gasteiger partial charge in [0, 0.05) is 56.6 Å². The van der Waals surface area contributed by atoms with E-state index in [0.717, 1.165) is 17.1 Å². The summed E-state index contributed by atoms with van der Waals surface area (Å²) in [5.41, 5.74) is 20.6. The summed E-state index contributed by atoms with van der Waals surface area (Å²) in [4.78, 5) is 7.83. The quantitative estimate of drug-likeness (QED) is 0.173. The maximum absolute atomic E-state index is 2.61. The first-order chi connectivity index (χ1) is 35.7. The van der Waals surface area contributed by atoms with E-state index in [0.29, 0.717) is 0 Å². The van der Waals surface area contributed by atoms with Gasteiger partial charge in [-0.25, -0.2) is 0 Å². The Morgan fingerprint density at radius 1 is 0.292 bits per heavy atom. The summed E-state index contributed by atoms with van der Waals surface area (Å²) in [6.07, 6.45) is 0. The van der Waals surface area contributed by atoms with Crippen molar-refractivity contribution in [3.63, 3.8) is 0 Å². The second-order valence-corrected chi connectivity index (χ2v) is 22.6. The number of rotatable bonds is 4. The minimum absolute atomic E-state index is 0.514. The molecule has 0 radical (unpaired) electrons. The van der Waals surface area contributed by atoms with Crippen LogP contribution >= 0.6 is 34.9 Å². The topological polar surface area (TPSA) is 3.24 Å². The van der Waals surface area contributed by atoms with Gasteiger partial charge in [-0.05, 0) is 127 Å². The van der Waals surface area contributed by atoms with Crippen molar-refractivity contribution in [2.24, 2.45) is 0 Å². The summed E-state index contributed by atoms with van der Waals surface area (Å²) in [6, 6.07) is 94.3. The summed E-state index contributed by atoms with van der Waals surface area (Å²) in [7, 11) is 0. The second kappa shape index (κ2) is 15.3. The monoisotopic (exact) mass is 967 g/mol. The van der Waals surface area contributed by atoms with Crippen molar-refractivity contribution in [1.82, 2.24) is 0 Å². The number of nitrogens with zero attached hydrogens (tertiary/aromatic N) is 1. The maximum atomic E-state index is 2.61. The lowest BCUT2D eigenvalue weighted by molar-refractivity contribution is 0.722. The Labute approximate surface area is 431 Å². The molecular formula is C68H41NS3. The molecule has 11 aromatic carbocycles. The minimum atomic E-state index is -0.514. The molecule has 12 aromatic rings. The fraction of sp³-hybridized carbons (Fsp3) is 0.0294. The van der Waals surface area contributed by atoms with Gasteiger partial charge in [0.1, 0.15) is 0 Å². The van der Waals surface area contributed by atoms with Crippen molar-refractivity contribution in [1.29, 1.82) is 0 Å². The van der Waals surface area contributed by atoms with E-state index in [1.807, 2.05) is 34.9 Å². The van der Waals surface area contributed by atoms with E-state index >= 15 is 0 Å². The normalized spacial score (nSPS) is 14.5. The lowest BCUT2D eigenvalue weighted by atomic mass is 9.67. The van der Waals surface area contributed by atoms with Gasteiger partial charge in [0.25, 0.3) is 0 Å². The number of fused-ring (bicyclic) bond motifs is 21. The van der Waals surface area contributed by atoms with E-state index in [1.165, 1.54) is 118 Å². The zero-order valence-corrected chi connectivity index (χ0v) is 41.3. The molecule has 0 bridgehead atoms. The van der Waals surface area contributed by atoms with Crippen molar-refractivity contribution in [2.75, 3.05) is 4.90 Å². The van der Waals surface area contributed by atoms with Gasteiger partial charge in [0.15, 0.2) is 0 Å². The van der Waals surface area contributed by atoms with Crippen LogP contribution in [0, 0.1) is 0 Å². The largest absolute Gasteiger partial charge is 0.309 e. The van der Waals surface area contributed by atoms with Crippen LogP contribution in [0.5, 0.6) is 0 Å². The van der Waals surface area contributed by atoms with Gasteiger partial charge in [-0.3, -0.25) is 0 Å². The third-order valence-corrected chi connectivity index (χ3v) is 19.5. The van der Waals surface area contributed by atoms with Crippen molar-refractivity contribution in [3.8, 4) is 33.4 Å². The fourth-order valence-corrected chi connectivity index (χ4v) is 16.9. The summed E-state index contributed by atoms with van der Waals surface area (Å²) in [6.45, 7) is 0. The Morgan fingerprint density at radius 3 is 1.19 bits per heavy atom. The summed E-state index contributed by atoms with van der Waals surface area (Å²) in [5, 5.41) is 2.64. The van der Waals surface area contributed by atoms with Crippen LogP contribution in [0.2, 0.25) is 0 Å². The number of hydrogen-bond donors (Lipinski definition) is 0. The molecule has 4 aliphatic rings. The molecule has 0 saturated heterocycles. The van der Waals surface area contributed by atoms with Crippen LogP contribution in [0.3, 0.4) is 0 Å². The van der Waals surface area contributed by atoms with Crippen LogP contribution in [0.1, 0.15) is 44.5 Å². The molecule has 0 saturated carbocycles. The highest BCUT2D eigenvalue weighted by molar-refractivity contribution is 7.99. The molecule has 336 valence electrons. The third-order valence-electron chi connectivity index (χ3n) is 16.0. The molecule has 1 nitrogen and oxygen atoms in total. The first-order valence-corrected chi connectivity index (χ1v) is 27.2. The van der Waals surface area contributed by atoms with Crippen LogP contribution in [0.25, 0.3) is 53.6 Å². The predicted molar refractivity (Wildman–Crippen MR) is 302 cm³/mol. The van der Waals surface area contributed by atoms with E-state index in [4.69, 9.17) is 0 Å². The summed E-state index contributed by atoms with van der Waals surface area (Å²) in [5.74, 6) is 0. The molecule has 2 aliphatic carbocycles. The molecule has 16 rings (SSSR count). The van der Waals surface area contributed by atoms with Gasteiger partial charge in [0.2, 0.25) is 0 Å². The Bertz CT molecular complexity index is 3970. The Kier molecular flexibility index (Phi) is 8.69. The molecule has 1 aromatic heterocycles.